The Kier molecular flexibility index (Phi) is 3.88. The van der Waals surface area contributed by atoms with Crippen LogP contribution in [0.4, 0.5) is 0 Å². The third kappa shape index (κ3) is 2.64. The quantitative estimate of drug-likeness (QED) is 0.411. The molecule has 94 valence electrons. The first-order chi connectivity index (χ1) is 7.95. The third-order valence-corrected chi connectivity index (χ3v) is 2.67. The van der Waals surface area contributed by atoms with Crippen LogP contribution in [0.1, 0.15) is 13.3 Å². The Hall–Kier alpha value is -1.85. The Bertz CT molecular complexity index is 361. The molecular formula is C11H14O6. The number of carboxylic acids is 1. The van der Waals surface area contributed by atoms with Crippen LogP contribution in [-0.2, 0) is 23.9 Å². The maximum atomic E-state index is 11.6. The van der Waals surface area contributed by atoms with Crippen LogP contribution in [0.5, 0.6) is 0 Å². The van der Waals surface area contributed by atoms with Gasteiger partial charge in [-0.25, -0.2) is 0 Å². The van der Waals surface area contributed by atoms with E-state index in [1.54, 1.807) is 0 Å². The molecule has 0 aromatic heterocycles. The summed E-state index contributed by atoms with van der Waals surface area (Å²) in [6, 6.07) is 0. The molecule has 0 bridgehead atoms. The fraction of sp³-hybridized carbons (Fsp3) is 0.545. The Morgan fingerprint density at radius 3 is 2.59 bits per heavy atom. The van der Waals surface area contributed by atoms with Crippen LogP contribution in [0.3, 0.4) is 0 Å². The fourth-order valence-corrected chi connectivity index (χ4v) is 1.61. The maximum Gasteiger partial charge on any atom is 0.324 e. The first kappa shape index (κ1) is 13.2. The highest BCUT2D eigenvalue weighted by molar-refractivity contribution is 6.03. The summed E-state index contributed by atoms with van der Waals surface area (Å²) in [5.41, 5.74) is -1.56. The molecule has 0 unspecified atom stereocenters. The third-order valence-electron chi connectivity index (χ3n) is 2.67. The van der Waals surface area contributed by atoms with Crippen molar-refractivity contribution < 1.29 is 29.0 Å². The lowest BCUT2D eigenvalue weighted by molar-refractivity contribution is -0.162. The average Bonchev–Trinajstić information content (AvgIpc) is 2.98. The summed E-state index contributed by atoms with van der Waals surface area (Å²) in [6.45, 7) is 4.48. The number of ether oxygens (including phenoxy) is 2. The number of esters is 2. The molecule has 0 radical (unpaired) electrons. The largest absolute Gasteiger partial charge is 0.480 e. The molecule has 0 aromatic carbocycles. The van der Waals surface area contributed by atoms with Gasteiger partial charge in [0.1, 0.15) is 6.61 Å². The van der Waals surface area contributed by atoms with Gasteiger partial charge >= 0.3 is 17.9 Å². The molecule has 1 aliphatic rings. The Balaban J connectivity index is 2.62. The summed E-state index contributed by atoms with van der Waals surface area (Å²) < 4.78 is 9.43. The number of hydrogen-bond donors (Lipinski definition) is 1. The normalized spacial score (nSPS) is 25.8. The molecule has 0 spiro atoms. The molecule has 1 fully saturated rings. The second-order valence-electron chi connectivity index (χ2n) is 3.87. The molecule has 0 aliphatic heterocycles. The topological polar surface area (TPSA) is 89.9 Å². The molecule has 1 N–H and O–H groups in total. The van der Waals surface area contributed by atoms with Crippen molar-refractivity contribution in [3.05, 3.63) is 12.7 Å². The van der Waals surface area contributed by atoms with Crippen LogP contribution in [0.2, 0.25) is 0 Å². The number of carbonyl (C=O) groups is 3. The van der Waals surface area contributed by atoms with Gasteiger partial charge in [-0.2, -0.15) is 0 Å². The van der Waals surface area contributed by atoms with Gasteiger partial charge in [-0.3, -0.25) is 14.4 Å². The van der Waals surface area contributed by atoms with E-state index >= 15 is 0 Å². The predicted molar refractivity (Wildman–Crippen MR) is 56.0 cm³/mol. The lowest BCUT2D eigenvalue weighted by Gasteiger charge is -2.11. The highest BCUT2D eigenvalue weighted by atomic mass is 16.5. The van der Waals surface area contributed by atoms with E-state index in [0.717, 1.165) is 0 Å². The second kappa shape index (κ2) is 4.99. The van der Waals surface area contributed by atoms with Crippen molar-refractivity contribution >= 4 is 17.9 Å². The van der Waals surface area contributed by atoms with Gasteiger partial charge in [0.25, 0.3) is 0 Å². The molecule has 17 heavy (non-hydrogen) atoms. The molecule has 0 amide bonds. The minimum Gasteiger partial charge on any atom is -0.480 e. The van der Waals surface area contributed by atoms with E-state index in [1.807, 2.05) is 0 Å². The maximum absolute atomic E-state index is 11.6. The number of carbonyl (C=O) groups excluding carboxylic acids is 2. The lowest BCUT2D eigenvalue weighted by Crippen LogP contribution is -2.31. The molecule has 0 heterocycles. The smallest absolute Gasteiger partial charge is 0.324 e. The molecule has 1 saturated carbocycles. The van der Waals surface area contributed by atoms with Crippen molar-refractivity contribution in [2.75, 3.05) is 13.2 Å². The molecule has 6 heteroatoms. The minimum absolute atomic E-state index is 0.0336. The van der Waals surface area contributed by atoms with E-state index in [9.17, 15) is 14.4 Å². The lowest BCUT2D eigenvalue weighted by atomic mass is 10.1. The monoisotopic (exact) mass is 242 g/mol. The molecule has 0 saturated heterocycles. The molecule has 1 aliphatic carbocycles. The van der Waals surface area contributed by atoms with Gasteiger partial charge in [-0.1, -0.05) is 12.7 Å². The zero-order valence-corrected chi connectivity index (χ0v) is 9.47. The van der Waals surface area contributed by atoms with Crippen molar-refractivity contribution in [3.8, 4) is 0 Å². The first-order valence-electron chi connectivity index (χ1n) is 5.10. The van der Waals surface area contributed by atoms with E-state index < -0.39 is 29.2 Å². The van der Waals surface area contributed by atoms with Crippen molar-refractivity contribution in [2.24, 2.45) is 11.3 Å². The van der Waals surface area contributed by atoms with Crippen molar-refractivity contribution in [2.45, 2.75) is 13.3 Å². The Morgan fingerprint density at radius 2 is 2.12 bits per heavy atom. The highest BCUT2D eigenvalue weighted by Crippen LogP contribution is 2.53. The molecule has 1 rings (SSSR count). The SMILES string of the molecule is C=CCOC(=O)[C@@]1(C(=O)O)C[C@H]1COC(C)=O. The summed E-state index contributed by atoms with van der Waals surface area (Å²) in [7, 11) is 0. The van der Waals surface area contributed by atoms with E-state index in [-0.39, 0.29) is 19.6 Å². The van der Waals surface area contributed by atoms with Crippen LogP contribution < -0.4 is 0 Å². The zero-order chi connectivity index (χ0) is 13.1. The minimum atomic E-state index is -1.56. The first-order valence-corrected chi connectivity index (χ1v) is 5.10. The van der Waals surface area contributed by atoms with Gasteiger partial charge in [0.2, 0.25) is 0 Å². The summed E-state index contributed by atoms with van der Waals surface area (Å²) >= 11 is 0. The van der Waals surface area contributed by atoms with Crippen LogP contribution in [-0.4, -0.2) is 36.2 Å². The molecule has 6 nitrogen and oxygen atoms in total. The molecule has 0 aromatic rings. The molecule has 2 atom stereocenters. The summed E-state index contributed by atoms with van der Waals surface area (Å²) in [5, 5.41) is 9.04. The average molecular weight is 242 g/mol. The van der Waals surface area contributed by atoms with Crippen LogP contribution in [0.15, 0.2) is 12.7 Å². The van der Waals surface area contributed by atoms with E-state index in [2.05, 4.69) is 6.58 Å². The van der Waals surface area contributed by atoms with Gasteiger partial charge in [-0.05, 0) is 6.42 Å². The highest BCUT2D eigenvalue weighted by Gasteiger charge is 2.68. The molecular weight excluding hydrogens is 228 g/mol. The van der Waals surface area contributed by atoms with Crippen LogP contribution in [0, 0.1) is 11.3 Å². The van der Waals surface area contributed by atoms with Crippen LogP contribution in [0.25, 0.3) is 0 Å². The van der Waals surface area contributed by atoms with Gasteiger partial charge in [0.15, 0.2) is 5.41 Å². The van der Waals surface area contributed by atoms with Crippen molar-refractivity contribution in [1.29, 1.82) is 0 Å². The van der Waals surface area contributed by atoms with Gasteiger partial charge in [-0.15, -0.1) is 0 Å². The number of rotatable bonds is 6. The van der Waals surface area contributed by atoms with E-state index in [1.165, 1.54) is 13.0 Å². The van der Waals surface area contributed by atoms with Crippen molar-refractivity contribution in [1.82, 2.24) is 0 Å². The second-order valence-corrected chi connectivity index (χ2v) is 3.87. The van der Waals surface area contributed by atoms with Gasteiger partial charge < -0.3 is 14.6 Å². The summed E-state index contributed by atoms with van der Waals surface area (Å²) in [4.78, 5) is 33.3. The summed E-state index contributed by atoms with van der Waals surface area (Å²) in [6.07, 6.45) is 1.49. The van der Waals surface area contributed by atoms with E-state index in [4.69, 9.17) is 14.6 Å². The summed E-state index contributed by atoms with van der Waals surface area (Å²) in [5.74, 6) is -3.07. The number of carboxylic acid groups (broad SMARTS) is 1. The number of hydrogen-bond acceptors (Lipinski definition) is 5. The van der Waals surface area contributed by atoms with Gasteiger partial charge in [0.05, 0.1) is 6.61 Å². The van der Waals surface area contributed by atoms with Crippen LogP contribution >= 0.6 is 0 Å². The Morgan fingerprint density at radius 1 is 1.47 bits per heavy atom. The predicted octanol–water partition coefficient (Wildman–Crippen LogP) is 0.370. The fourth-order valence-electron chi connectivity index (χ4n) is 1.61. The van der Waals surface area contributed by atoms with Gasteiger partial charge in [0, 0.05) is 12.8 Å². The Labute approximate surface area is 98.2 Å². The number of aliphatic carboxylic acids is 1. The zero-order valence-electron chi connectivity index (χ0n) is 9.47. The standard InChI is InChI=1S/C11H14O6/c1-3-4-16-10(15)11(9(13)14)5-8(11)6-17-7(2)12/h3,8H,1,4-6H2,2H3,(H,13,14)/t8-,11-/m0/s1. The van der Waals surface area contributed by atoms with E-state index in [0.29, 0.717) is 0 Å². The van der Waals surface area contributed by atoms with Crippen molar-refractivity contribution in [3.63, 3.8) is 0 Å².